The second kappa shape index (κ2) is 14.0. The first-order chi connectivity index (χ1) is 14.6. The lowest BCUT2D eigenvalue weighted by Gasteiger charge is -2.20. The SMILES string of the molecule is CCCCCCCCOc1ccc(C2N=CC(OC[C@H](F)[C@@H](F)CCC)=CN2)cc1. The van der Waals surface area contributed by atoms with Gasteiger partial charge in [0.2, 0.25) is 0 Å². The number of benzene rings is 1. The van der Waals surface area contributed by atoms with Crippen LogP contribution in [-0.4, -0.2) is 31.8 Å². The summed E-state index contributed by atoms with van der Waals surface area (Å²) in [6.07, 6.45) is 8.11. The molecular formula is C24H36F2N2O2. The first-order valence-corrected chi connectivity index (χ1v) is 11.3. The summed E-state index contributed by atoms with van der Waals surface area (Å²) in [6.45, 7) is 4.48. The third kappa shape index (κ3) is 8.72. The van der Waals surface area contributed by atoms with Crippen molar-refractivity contribution in [1.82, 2.24) is 5.32 Å². The zero-order chi connectivity index (χ0) is 21.6. The highest BCUT2D eigenvalue weighted by molar-refractivity contribution is 5.76. The molecule has 0 saturated heterocycles. The first-order valence-electron chi connectivity index (χ1n) is 11.3. The van der Waals surface area contributed by atoms with Crippen LogP contribution in [0.3, 0.4) is 0 Å². The van der Waals surface area contributed by atoms with E-state index in [1.54, 1.807) is 12.4 Å². The molecule has 0 saturated carbocycles. The molecule has 3 atom stereocenters. The normalized spacial score (nSPS) is 17.7. The average molecular weight is 423 g/mol. The molecule has 0 radical (unpaired) electrons. The summed E-state index contributed by atoms with van der Waals surface area (Å²) in [6, 6.07) is 7.84. The van der Waals surface area contributed by atoms with Gasteiger partial charge in [0.05, 0.1) is 12.8 Å². The molecule has 30 heavy (non-hydrogen) atoms. The monoisotopic (exact) mass is 422 g/mol. The van der Waals surface area contributed by atoms with Gasteiger partial charge < -0.3 is 14.8 Å². The largest absolute Gasteiger partial charge is 0.494 e. The van der Waals surface area contributed by atoms with Crippen LogP contribution >= 0.6 is 0 Å². The van der Waals surface area contributed by atoms with E-state index in [-0.39, 0.29) is 19.2 Å². The molecule has 1 heterocycles. The zero-order valence-electron chi connectivity index (χ0n) is 18.3. The van der Waals surface area contributed by atoms with Crippen molar-refractivity contribution in [3.63, 3.8) is 0 Å². The summed E-state index contributed by atoms with van der Waals surface area (Å²) in [4.78, 5) is 4.39. The molecule has 4 nitrogen and oxygen atoms in total. The predicted molar refractivity (Wildman–Crippen MR) is 118 cm³/mol. The number of rotatable bonds is 15. The Morgan fingerprint density at radius 3 is 2.33 bits per heavy atom. The Balaban J connectivity index is 1.68. The van der Waals surface area contributed by atoms with E-state index in [4.69, 9.17) is 9.47 Å². The van der Waals surface area contributed by atoms with Gasteiger partial charge in [0.25, 0.3) is 0 Å². The number of nitrogens with zero attached hydrogens (tertiary/aromatic N) is 1. The number of aliphatic imine (C=N–C) groups is 1. The van der Waals surface area contributed by atoms with E-state index < -0.39 is 12.3 Å². The number of hydrogen-bond donors (Lipinski definition) is 1. The summed E-state index contributed by atoms with van der Waals surface area (Å²) in [7, 11) is 0. The van der Waals surface area contributed by atoms with Crippen LogP contribution in [0.5, 0.6) is 5.75 Å². The minimum absolute atomic E-state index is 0.205. The number of alkyl halides is 2. The summed E-state index contributed by atoms with van der Waals surface area (Å²) < 4.78 is 38.3. The zero-order valence-corrected chi connectivity index (χ0v) is 18.3. The van der Waals surface area contributed by atoms with Gasteiger partial charge in [-0.1, -0.05) is 64.5 Å². The fraction of sp³-hybridized carbons (Fsp3) is 0.625. The molecule has 1 aliphatic rings. The lowest BCUT2D eigenvalue weighted by Crippen LogP contribution is -2.25. The van der Waals surface area contributed by atoms with Gasteiger partial charge in [-0.2, -0.15) is 0 Å². The van der Waals surface area contributed by atoms with E-state index in [2.05, 4.69) is 17.2 Å². The van der Waals surface area contributed by atoms with Gasteiger partial charge in [0.1, 0.15) is 24.7 Å². The van der Waals surface area contributed by atoms with E-state index in [1.165, 1.54) is 32.1 Å². The average Bonchev–Trinajstić information content (AvgIpc) is 2.78. The van der Waals surface area contributed by atoms with Crippen LogP contribution in [0.1, 0.15) is 76.9 Å². The number of ether oxygens (including phenoxy) is 2. The molecule has 1 unspecified atom stereocenters. The first kappa shape index (κ1) is 24.2. The van der Waals surface area contributed by atoms with Crippen molar-refractivity contribution in [1.29, 1.82) is 0 Å². The Morgan fingerprint density at radius 1 is 0.933 bits per heavy atom. The minimum atomic E-state index is -1.62. The fourth-order valence-corrected chi connectivity index (χ4v) is 3.21. The maximum absolute atomic E-state index is 13.7. The van der Waals surface area contributed by atoms with E-state index in [1.807, 2.05) is 31.2 Å². The van der Waals surface area contributed by atoms with Crippen LogP contribution in [0.15, 0.2) is 41.2 Å². The molecule has 1 N–H and O–H groups in total. The molecular weight excluding hydrogens is 386 g/mol. The molecule has 0 aliphatic carbocycles. The van der Waals surface area contributed by atoms with E-state index in [0.717, 1.165) is 24.3 Å². The highest BCUT2D eigenvalue weighted by Gasteiger charge is 2.21. The van der Waals surface area contributed by atoms with E-state index >= 15 is 0 Å². The molecule has 2 rings (SSSR count). The highest BCUT2D eigenvalue weighted by atomic mass is 19.2. The van der Waals surface area contributed by atoms with Crippen LogP contribution in [0, 0.1) is 0 Å². The third-order valence-corrected chi connectivity index (χ3v) is 5.06. The molecule has 0 fully saturated rings. The van der Waals surface area contributed by atoms with Gasteiger partial charge in [-0.15, -0.1) is 0 Å². The second-order valence-electron chi connectivity index (χ2n) is 7.71. The van der Waals surface area contributed by atoms with Crippen molar-refractivity contribution < 1.29 is 18.3 Å². The quantitative estimate of drug-likeness (QED) is 0.331. The van der Waals surface area contributed by atoms with E-state index in [9.17, 15) is 8.78 Å². The predicted octanol–water partition coefficient (Wildman–Crippen LogP) is 6.43. The molecule has 0 bridgehead atoms. The molecule has 1 aromatic rings. The number of unbranched alkanes of at least 4 members (excludes halogenated alkanes) is 5. The summed E-state index contributed by atoms with van der Waals surface area (Å²) in [5.41, 5.74) is 0.989. The molecule has 0 amide bonds. The lowest BCUT2D eigenvalue weighted by molar-refractivity contribution is 0.0767. The molecule has 1 aromatic carbocycles. The van der Waals surface area contributed by atoms with Crippen molar-refractivity contribution in [2.75, 3.05) is 13.2 Å². The standard InChI is InChI=1S/C24H36F2N2O2/c1-3-5-6-7-8-9-15-29-20-13-11-19(12-14-20)24-27-16-21(17-28-24)30-18-23(26)22(25)10-4-2/h11-14,16-17,22-24,27H,3-10,15,18H2,1-2H3/t22-,23-,24?/m0/s1. The molecule has 1 aliphatic heterocycles. The van der Waals surface area contributed by atoms with Gasteiger partial charge >= 0.3 is 0 Å². The van der Waals surface area contributed by atoms with Crippen molar-refractivity contribution in [3.8, 4) is 5.75 Å². The molecule has 0 aromatic heterocycles. The maximum Gasteiger partial charge on any atom is 0.165 e. The van der Waals surface area contributed by atoms with Gasteiger partial charge in [0, 0.05) is 6.20 Å². The Kier molecular flexibility index (Phi) is 11.3. The molecule has 6 heteroatoms. The summed E-state index contributed by atoms with van der Waals surface area (Å²) >= 11 is 0. The number of halogens is 2. The van der Waals surface area contributed by atoms with Crippen molar-refractivity contribution in [2.45, 2.75) is 83.7 Å². The van der Waals surface area contributed by atoms with Crippen LogP contribution in [0.2, 0.25) is 0 Å². The smallest absolute Gasteiger partial charge is 0.165 e. The Bertz CT molecular complexity index is 649. The van der Waals surface area contributed by atoms with Crippen molar-refractivity contribution >= 4 is 6.21 Å². The number of hydrogen-bond acceptors (Lipinski definition) is 4. The van der Waals surface area contributed by atoms with Crippen LogP contribution < -0.4 is 10.1 Å². The minimum Gasteiger partial charge on any atom is -0.494 e. The van der Waals surface area contributed by atoms with Gasteiger partial charge in [-0.25, -0.2) is 8.78 Å². The number of allylic oxidation sites excluding steroid dienone is 1. The van der Waals surface area contributed by atoms with Gasteiger partial charge in [0.15, 0.2) is 11.9 Å². The van der Waals surface area contributed by atoms with Crippen molar-refractivity contribution in [2.24, 2.45) is 4.99 Å². The van der Waals surface area contributed by atoms with Crippen LogP contribution in [0.4, 0.5) is 8.78 Å². The van der Waals surface area contributed by atoms with Crippen LogP contribution in [0.25, 0.3) is 0 Å². The number of nitrogens with one attached hydrogen (secondary N) is 1. The summed E-state index contributed by atoms with van der Waals surface area (Å²) in [5, 5.41) is 3.12. The van der Waals surface area contributed by atoms with Gasteiger partial charge in [-0.3, -0.25) is 4.99 Å². The third-order valence-electron chi connectivity index (χ3n) is 5.06. The van der Waals surface area contributed by atoms with Gasteiger partial charge in [-0.05, 0) is 30.5 Å². The summed E-state index contributed by atoms with van der Waals surface area (Å²) in [5.74, 6) is 1.25. The molecule has 0 spiro atoms. The highest BCUT2D eigenvalue weighted by Crippen LogP contribution is 2.21. The maximum atomic E-state index is 13.7. The Morgan fingerprint density at radius 2 is 1.67 bits per heavy atom. The van der Waals surface area contributed by atoms with Crippen LogP contribution in [-0.2, 0) is 4.74 Å². The van der Waals surface area contributed by atoms with E-state index in [0.29, 0.717) is 12.2 Å². The lowest BCUT2D eigenvalue weighted by atomic mass is 10.1. The topological polar surface area (TPSA) is 42.9 Å². The van der Waals surface area contributed by atoms with Crippen molar-refractivity contribution in [3.05, 3.63) is 41.8 Å². The second-order valence-corrected chi connectivity index (χ2v) is 7.71. The fourth-order valence-electron chi connectivity index (χ4n) is 3.21. The Hall–Kier alpha value is -2.11. The Labute approximate surface area is 179 Å². The molecule has 168 valence electrons.